The van der Waals surface area contributed by atoms with Gasteiger partial charge in [0.05, 0.1) is 0 Å². The Hall–Kier alpha value is -2.36. The summed E-state index contributed by atoms with van der Waals surface area (Å²) in [5, 5.41) is 6.37. The van der Waals surface area contributed by atoms with Gasteiger partial charge in [0.25, 0.3) is 0 Å². The van der Waals surface area contributed by atoms with E-state index in [1.165, 1.54) is 11.9 Å². The van der Waals surface area contributed by atoms with Gasteiger partial charge in [0.15, 0.2) is 0 Å². The molecule has 0 saturated heterocycles. The molecular formula is C15H18N4. The molecule has 0 radical (unpaired) electrons. The maximum Gasteiger partial charge on any atom is 0.138 e. The zero-order valence-corrected chi connectivity index (χ0v) is 11.3. The third kappa shape index (κ3) is 2.91. The van der Waals surface area contributed by atoms with Gasteiger partial charge < -0.3 is 10.6 Å². The predicted molar refractivity (Wildman–Crippen MR) is 79.7 cm³/mol. The van der Waals surface area contributed by atoms with Gasteiger partial charge in [0, 0.05) is 11.3 Å². The van der Waals surface area contributed by atoms with E-state index in [9.17, 15) is 0 Å². The van der Waals surface area contributed by atoms with Crippen molar-refractivity contribution in [2.75, 3.05) is 10.6 Å². The van der Waals surface area contributed by atoms with Crippen LogP contribution in [0.5, 0.6) is 0 Å². The number of aryl methyl sites for hydroxylation is 1. The van der Waals surface area contributed by atoms with Crippen LogP contribution in [0.25, 0.3) is 0 Å². The molecule has 0 spiro atoms. The third-order valence-corrected chi connectivity index (χ3v) is 2.97. The Balaban J connectivity index is 2.33. The van der Waals surface area contributed by atoms with E-state index < -0.39 is 0 Å². The summed E-state index contributed by atoms with van der Waals surface area (Å²) < 4.78 is 0. The van der Waals surface area contributed by atoms with Gasteiger partial charge in [-0.1, -0.05) is 31.7 Å². The van der Waals surface area contributed by atoms with Gasteiger partial charge >= 0.3 is 0 Å². The molecule has 0 unspecified atom stereocenters. The summed E-state index contributed by atoms with van der Waals surface area (Å²) in [5.74, 6) is 1.57. The molecule has 19 heavy (non-hydrogen) atoms. The van der Waals surface area contributed by atoms with E-state index in [4.69, 9.17) is 0 Å². The second kappa shape index (κ2) is 6.00. The van der Waals surface area contributed by atoms with Gasteiger partial charge in [-0.3, -0.25) is 0 Å². The van der Waals surface area contributed by atoms with E-state index in [1.807, 2.05) is 19.1 Å². The van der Waals surface area contributed by atoms with E-state index >= 15 is 0 Å². The van der Waals surface area contributed by atoms with Gasteiger partial charge in [-0.25, -0.2) is 9.97 Å². The number of benzene rings is 1. The number of nitrogens with zero attached hydrogens (tertiary/aromatic N) is 2. The van der Waals surface area contributed by atoms with Crippen molar-refractivity contribution < 1.29 is 0 Å². The largest absolute Gasteiger partial charge is 0.347 e. The Labute approximate surface area is 113 Å². The Morgan fingerprint density at radius 3 is 2.68 bits per heavy atom. The SMILES string of the molecule is C=CNc1ncnc(Nc2ccccc2CC)c1C. The van der Waals surface area contributed by atoms with E-state index in [-0.39, 0.29) is 0 Å². The van der Waals surface area contributed by atoms with Crippen molar-refractivity contribution in [3.8, 4) is 0 Å². The van der Waals surface area contributed by atoms with Gasteiger partial charge in [0.1, 0.15) is 18.0 Å². The molecule has 1 heterocycles. The van der Waals surface area contributed by atoms with Crippen molar-refractivity contribution in [2.24, 2.45) is 0 Å². The van der Waals surface area contributed by atoms with Crippen molar-refractivity contribution in [1.29, 1.82) is 0 Å². The van der Waals surface area contributed by atoms with Crippen LogP contribution >= 0.6 is 0 Å². The summed E-state index contributed by atoms with van der Waals surface area (Å²) in [5.41, 5.74) is 3.31. The average Bonchev–Trinajstić information content (AvgIpc) is 2.44. The first-order chi connectivity index (χ1) is 9.26. The monoisotopic (exact) mass is 254 g/mol. The molecule has 0 fully saturated rings. The standard InChI is InChI=1S/C15H18N4/c1-4-12-8-6-7-9-13(12)19-15-11(3)14(16-5-2)17-10-18-15/h5-10H,2,4H2,1,3H3,(H2,16,17,18,19). The predicted octanol–water partition coefficient (Wildman–Crippen LogP) is 3.65. The van der Waals surface area contributed by atoms with Crippen molar-refractivity contribution in [3.63, 3.8) is 0 Å². The van der Waals surface area contributed by atoms with Crippen LogP contribution in [0.1, 0.15) is 18.1 Å². The average molecular weight is 254 g/mol. The lowest BCUT2D eigenvalue weighted by Crippen LogP contribution is -2.03. The first kappa shape index (κ1) is 13.1. The van der Waals surface area contributed by atoms with E-state index in [0.717, 1.165) is 29.3 Å². The zero-order valence-electron chi connectivity index (χ0n) is 11.3. The molecule has 1 aromatic carbocycles. The fourth-order valence-corrected chi connectivity index (χ4v) is 1.90. The Morgan fingerprint density at radius 1 is 1.21 bits per heavy atom. The van der Waals surface area contributed by atoms with Gasteiger partial charge in [-0.05, 0) is 31.2 Å². The molecule has 0 aliphatic carbocycles. The Bertz CT molecular complexity index is 578. The second-order valence-corrected chi connectivity index (χ2v) is 4.18. The van der Waals surface area contributed by atoms with Crippen molar-refractivity contribution in [3.05, 3.63) is 54.5 Å². The van der Waals surface area contributed by atoms with Crippen LogP contribution in [-0.2, 0) is 6.42 Å². The molecule has 0 amide bonds. The summed E-state index contributed by atoms with van der Waals surface area (Å²) >= 11 is 0. The minimum Gasteiger partial charge on any atom is -0.347 e. The second-order valence-electron chi connectivity index (χ2n) is 4.18. The van der Waals surface area contributed by atoms with Gasteiger partial charge in [0.2, 0.25) is 0 Å². The highest BCUT2D eigenvalue weighted by Crippen LogP contribution is 2.24. The lowest BCUT2D eigenvalue weighted by Gasteiger charge is -2.13. The summed E-state index contributed by atoms with van der Waals surface area (Å²) in [6.07, 6.45) is 4.12. The van der Waals surface area contributed by atoms with Crippen molar-refractivity contribution in [1.82, 2.24) is 9.97 Å². The highest BCUT2D eigenvalue weighted by atomic mass is 15.1. The van der Waals surface area contributed by atoms with Crippen LogP contribution in [0.15, 0.2) is 43.4 Å². The van der Waals surface area contributed by atoms with Crippen molar-refractivity contribution in [2.45, 2.75) is 20.3 Å². The molecule has 4 nitrogen and oxygen atoms in total. The third-order valence-electron chi connectivity index (χ3n) is 2.97. The first-order valence-corrected chi connectivity index (χ1v) is 6.30. The molecular weight excluding hydrogens is 236 g/mol. The van der Waals surface area contributed by atoms with Crippen LogP contribution in [0, 0.1) is 6.92 Å². The molecule has 0 aliphatic rings. The first-order valence-electron chi connectivity index (χ1n) is 6.30. The van der Waals surface area contributed by atoms with Crippen LogP contribution in [0.4, 0.5) is 17.3 Å². The van der Waals surface area contributed by atoms with Crippen LogP contribution in [0.2, 0.25) is 0 Å². The number of hydrogen-bond donors (Lipinski definition) is 2. The lowest BCUT2D eigenvalue weighted by atomic mass is 10.1. The van der Waals surface area contributed by atoms with Gasteiger partial charge in [-0.2, -0.15) is 0 Å². The number of para-hydroxylation sites is 1. The summed E-state index contributed by atoms with van der Waals surface area (Å²) in [7, 11) is 0. The summed E-state index contributed by atoms with van der Waals surface area (Å²) in [6, 6.07) is 8.23. The molecule has 2 N–H and O–H groups in total. The molecule has 98 valence electrons. The number of anilines is 3. The molecule has 0 atom stereocenters. The fraction of sp³-hybridized carbons (Fsp3) is 0.200. The van der Waals surface area contributed by atoms with Crippen molar-refractivity contribution >= 4 is 17.3 Å². The van der Waals surface area contributed by atoms with Crippen LogP contribution in [-0.4, -0.2) is 9.97 Å². The topological polar surface area (TPSA) is 49.8 Å². The number of rotatable bonds is 5. The number of nitrogens with one attached hydrogen (secondary N) is 2. The quantitative estimate of drug-likeness (QED) is 0.855. The summed E-state index contributed by atoms with van der Waals surface area (Å²) in [4.78, 5) is 8.47. The van der Waals surface area contributed by atoms with E-state index in [0.29, 0.717) is 0 Å². The normalized spacial score (nSPS) is 10.0. The lowest BCUT2D eigenvalue weighted by molar-refractivity contribution is 1.11. The molecule has 0 saturated carbocycles. The highest BCUT2D eigenvalue weighted by molar-refractivity contribution is 5.66. The zero-order chi connectivity index (χ0) is 13.7. The van der Waals surface area contributed by atoms with Crippen LogP contribution in [0.3, 0.4) is 0 Å². The minimum absolute atomic E-state index is 0.765. The Morgan fingerprint density at radius 2 is 1.95 bits per heavy atom. The number of aromatic nitrogens is 2. The fourth-order valence-electron chi connectivity index (χ4n) is 1.90. The Kier molecular flexibility index (Phi) is 4.13. The maximum absolute atomic E-state index is 4.30. The summed E-state index contributed by atoms with van der Waals surface area (Å²) in [6.45, 7) is 7.76. The highest BCUT2D eigenvalue weighted by Gasteiger charge is 2.07. The molecule has 1 aromatic heterocycles. The molecule has 0 aliphatic heterocycles. The molecule has 0 bridgehead atoms. The minimum atomic E-state index is 0.765. The molecule has 2 aromatic rings. The number of hydrogen-bond acceptors (Lipinski definition) is 4. The molecule has 2 rings (SSSR count). The maximum atomic E-state index is 4.30. The molecule has 4 heteroatoms. The van der Waals surface area contributed by atoms with E-state index in [1.54, 1.807) is 6.20 Å². The van der Waals surface area contributed by atoms with Gasteiger partial charge in [-0.15, -0.1) is 0 Å². The van der Waals surface area contributed by atoms with Crippen LogP contribution < -0.4 is 10.6 Å². The van der Waals surface area contributed by atoms with E-state index in [2.05, 4.69) is 46.2 Å². The smallest absolute Gasteiger partial charge is 0.138 e.